The van der Waals surface area contributed by atoms with Gasteiger partial charge in [-0.15, -0.1) is 0 Å². The minimum Gasteiger partial charge on any atom is -0.399 e. The maximum absolute atomic E-state index is 12.8. The first-order valence-electron chi connectivity index (χ1n) is 7.26. The van der Waals surface area contributed by atoms with E-state index >= 15 is 0 Å². The van der Waals surface area contributed by atoms with E-state index in [2.05, 4.69) is 0 Å². The maximum atomic E-state index is 12.8. The van der Waals surface area contributed by atoms with Crippen molar-refractivity contribution < 1.29 is 9.59 Å². The molecule has 0 heterocycles. The third-order valence-corrected chi connectivity index (χ3v) is 4.12. The Morgan fingerprint density at radius 2 is 1.76 bits per heavy atom. The molecule has 5 nitrogen and oxygen atoms in total. The van der Waals surface area contributed by atoms with Crippen LogP contribution in [0.15, 0.2) is 24.3 Å². The van der Waals surface area contributed by atoms with Crippen LogP contribution in [0.25, 0.3) is 0 Å². The molecule has 1 aromatic carbocycles. The van der Waals surface area contributed by atoms with Gasteiger partial charge in [-0.2, -0.15) is 0 Å². The van der Waals surface area contributed by atoms with E-state index in [-0.39, 0.29) is 18.4 Å². The molecule has 21 heavy (non-hydrogen) atoms. The minimum atomic E-state index is -0.448. The number of anilines is 1. The fourth-order valence-corrected chi connectivity index (χ4v) is 2.49. The van der Waals surface area contributed by atoms with Gasteiger partial charge in [0.25, 0.3) is 0 Å². The first-order valence-corrected chi connectivity index (χ1v) is 7.26. The van der Waals surface area contributed by atoms with Gasteiger partial charge in [0.15, 0.2) is 0 Å². The van der Waals surface area contributed by atoms with Gasteiger partial charge in [0.1, 0.15) is 0 Å². The van der Waals surface area contributed by atoms with Crippen LogP contribution in [0.4, 0.5) is 5.69 Å². The van der Waals surface area contributed by atoms with Gasteiger partial charge < -0.3 is 15.5 Å². The number of likely N-dealkylation sites (N-methyl/N-ethyl adjacent to an activating group) is 2. The third kappa shape index (κ3) is 3.01. The monoisotopic (exact) mass is 289 g/mol. The standard InChI is InChI=1S/C16H23N3O2/c1-4-19(11-14(20)18(2)3)15(21)16(9-10-16)12-5-7-13(17)8-6-12/h5-8H,4,9-11,17H2,1-3H3. The van der Waals surface area contributed by atoms with Gasteiger partial charge in [0.05, 0.1) is 12.0 Å². The van der Waals surface area contributed by atoms with Crippen LogP contribution >= 0.6 is 0 Å². The molecule has 1 aliphatic carbocycles. The number of carbonyl (C=O) groups excluding carboxylic acids is 2. The molecule has 1 fully saturated rings. The van der Waals surface area contributed by atoms with E-state index in [4.69, 9.17) is 5.73 Å². The highest BCUT2D eigenvalue weighted by Gasteiger charge is 2.52. The molecule has 1 aromatic rings. The smallest absolute Gasteiger partial charge is 0.241 e. The Morgan fingerprint density at radius 1 is 1.19 bits per heavy atom. The van der Waals surface area contributed by atoms with E-state index in [1.165, 1.54) is 4.90 Å². The Bertz CT molecular complexity index is 533. The molecule has 1 saturated carbocycles. The molecule has 0 aliphatic heterocycles. The highest BCUT2D eigenvalue weighted by Crippen LogP contribution is 2.49. The predicted octanol–water partition coefficient (Wildman–Crippen LogP) is 1.24. The van der Waals surface area contributed by atoms with Crippen LogP contribution < -0.4 is 5.73 Å². The Hall–Kier alpha value is -2.04. The first kappa shape index (κ1) is 15.4. The Kier molecular flexibility index (Phi) is 4.21. The molecule has 0 atom stereocenters. The van der Waals surface area contributed by atoms with Crippen molar-refractivity contribution in [3.05, 3.63) is 29.8 Å². The van der Waals surface area contributed by atoms with E-state index in [9.17, 15) is 9.59 Å². The van der Waals surface area contributed by atoms with E-state index < -0.39 is 5.41 Å². The van der Waals surface area contributed by atoms with Crippen LogP contribution in [0.1, 0.15) is 25.3 Å². The van der Waals surface area contributed by atoms with Crippen molar-refractivity contribution in [2.24, 2.45) is 0 Å². The number of amides is 2. The van der Waals surface area contributed by atoms with Crippen molar-refractivity contribution in [3.63, 3.8) is 0 Å². The summed E-state index contributed by atoms with van der Waals surface area (Å²) >= 11 is 0. The van der Waals surface area contributed by atoms with Crippen molar-refractivity contribution >= 4 is 17.5 Å². The fraction of sp³-hybridized carbons (Fsp3) is 0.500. The van der Waals surface area contributed by atoms with E-state index in [0.29, 0.717) is 12.2 Å². The zero-order valence-electron chi connectivity index (χ0n) is 12.9. The summed E-state index contributed by atoms with van der Waals surface area (Å²) in [7, 11) is 3.40. The topological polar surface area (TPSA) is 66.6 Å². The van der Waals surface area contributed by atoms with E-state index in [1.54, 1.807) is 19.0 Å². The fourth-order valence-electron chi connectivity index (χ4n) is 2.49. The number of hydrogen-bond donors (Lipinski definition) is 1. The number of nitrogen functional groups attached to an aromatic ring is 1. The van der Waals surface area contributed by atoms with Crippen molar-refractivity contribution in [2.75, 3.05) is 32.9 Å². The van der Waals surface area contributed by atoms with Gasteiger partial charge >= 0.3 is 0 Å². The molecule has 0 aromatic heterocycles. The average molecular weight is 289 g/mol. The van der Waals surface area contributed by atoms with Crippen LogP contribution in [-0.2, 0) is 15.0 Å². The zero-order valence-corrected chi connectivity index (χ0v) is 12.9. The van der Waals surface area contributed by atoms with Crippen LogP contribution in [-0.4, -0.2) is 48.8 Å². The van der Waals surface area contributed by atoms with Crippen molar-refractivity contribution in [2.45, 2.75) is 25.2 Å². The second-order valence-electron chi connectivity index (χ2n) is 5.81. The van der Waals surface area contributed by atoms with Crippen LogP contribution in [0.2, 0.25) is 0 Å². The number of rotatable bonds is 5. The molecule has 2 N–H and O–H groups in total. The van der Waals surface area contributed by atoms with Gasteiger partial charge in [-0.1, -0.05) is 12.1 Å². The summed E-state index contributed by atoms with van der Waals surface area (Å²) in [5.74, 6) is -0.0109. The van der Waals surface area contributed by atoms with Crippen molar-refractivity contribution in [3.8, 4) is 0 Å². The molecule has 0 bridgehead atoms. The molecular weight excluding hydrogens is 266 g/mol. The molecule has 0 spiro atoms. The summed E-state index contributed by atoms with van der Waals surface area (Å²) in [5, 5.41) is 0. The lowest BCUT2D eigenvalue weighted by Gasteiger charge is -2.27. The summed E-state index contributed by atoms with van der Waals surface area (Å²) < 4.78 is 0. The van der Waals surface area contributed by atoms with Crippen LogP contribution in [0.5, 0.6) is 0 Å². The number of benzene rings is 1. The molecule has 5 heteroatoms. The largest absolute Gasteiger partial charge is 0.399 e. The van der Waals surface area contributed by atoms with Crippen LogP contribution in [0.3, 0.4) is 0 Å². The van der Waals surface area contributed by atoms with Crippen LogP contribution in [0, 0.1) is 0 Å². The normalized spacial score (nSPS) is 15.4. The second kappa shape index (κ2) is 5.76. The molecular formula is C16H23N3O2. The molecule has 2 rings (SSSR count). The highest BCUT2D eigenvalue weighted by molar-refractivity contribution is 5.94. The Balaban J connectivity index is 2.17. The molecule has 2 amide bonds. The average Bonchev–Trinajstić information content (AvgIpc) is 3.26. The number of hydrogen-bond acceptors (Lipinski definition) is 3. The minimum absolute atomic E-state index is 0.0463. The maximum Gasteiger partial charge on any atom is 0.241 e. The van der Waals surface area contributed by atoms with Gasteiger partial charge in [0, 0.05) is 26.3 Å². The van der Waals surface area contributed by atoms with Gasteiger partial charge in [-0.25, -0.2) is 0 Å². The summed E-state index contributed by atoms with van der Waals surface area (Å²) in [5.41, 5.74) is 6.95. The third-order valence-electron chi connectivity index (χ3n) is 4.12. The Morgan fingerprint density at radius 3 is 2.19 bits per heavy atom. The predicted molar refractivity (Wildman–Crippen MR) is 82.7 cm³/mol. The molecule has 0 radical (unpaired) electrons. The molecule has 114 valence electrons. The summed E-state index contributed by atoms with van der Waals surface area (Å²) in [6.07, 6.45) is 1.67. The van der Waals surface area contributed by atoms with Gasteiger partial charge in [-0.05, 0) is 37.5 Å². The SMILES string of the molecule is CCN(CC(=O)N(C)C)C(=O)C1(c2ccc(N)cc2)CC1. The summed E-state index contributed by atoms with van der Waals surface area (Å²) in [6.45, 7) is 2.58. The number of nitrogens with two attached hydrogens (primary N) is 1. The van der Waals surface area contributed by atoms with Crippen molar-refractivity contribution in [1.29, 1.82) is 0 Å². The van der Waals surface area contributed by atoms with E-state index in [1.807, 2.05) is 31.2 Å². The lowest BCUT2D eigenvalue weighted by molar-refractivity contribution is -0.140. The first-order chi connectivity index (χ1) is 9.90. The van der Waals surface area contributed by atoms with Gasteiger partial charge in [0.2, 0.25) is 11.8 Å². The molecule has 0 unspecified atom stereocenters. The quantitative estimate of drug-likeness (QED) is 0.829. The zero-order chi connectivity index (χ0) is 15.6. The lowest BCUT2D eigenvalue weighted by atomic mass is 9.94. The summed E-state index contributed by atoms with van der Waals surface area (Å²) in [4.78, 5) is 27.8. The molecule has 1 aliphatic rings. The summed E-state index contributed by atoms with van der Waals surface area (Å²) in [6, 6.07) is 7.48. The second-order valence-corrected chi connectivity index (χ2v) is 5.81. The van der Waals surface area contributed by atoms with E-state index in [0.717, 1.165) is 18.4 Å². The molecule has 0 saturated heterocycles. The number of nitrogens with zero attached hydrogens (tertiary/aromatic N) is 2. The van der Waals surface area contributed by atoms with Crippen molar-refractivity contribution in [1.82, 2.24) is 9.80 Å². The number of carbonyl (C=O) groups is 2. The highest BCUT2D eigenvalue weighted by atomic mass is 16.2. The van der Waals surface area contributed by atoms with Gasteiger partial charge in [-0.3, -0.25) is 9.59 Å². The Labute approximate surface area is 125 Å². The lowest BCUT2D eigenvalue weighted by Crippen LogP contribution is -2.44.